The second-order valence-corrected chi connectivity index (χ2v) is 4.58. The van der Waals surface area contributed by atoms with Crippen molar-refractivity contribution in [1.29, 1.82) is 0 Å². The number of aromatic nitrogens is 3. The third kappa shape index (κ3) is 2.48. The van der Waals surface area contributed by atoms with Crippen molar-refractivity contribution in [3.05, 3.63) is 40.6 Å². The molecule has 1 atom stereocenters. The monoisotopic (exact) mass is 281 g/mol. The van der Waals surface area contributed by atoms with Crippen molar-refractivity contribution >= 4 is 15.9 Å². The quantitative estimate of drug-likeness (QED) is 0.936. The van der Waals surface area contributed by atoms with Gasteiger partial charge in [-0.05, 0) is 31.2 Å². The van der Waals surface area contributed by atoms with Gasteiger partial charge in [-0.3, -0.25) is 0 Å². The van der Waals surface area contributed by atoms with Crippen LogP contribution in [0.1, 0.15) is 12.6 Å². The van der Waals surface area contributed by atoms with Gasteiger partial charge in [0.05, 0.1) is 23.7 Å². The summed E-state index contributed by atoms with van der Waals surface area (Å²) in [6.07, 6.45) is 1.82. The Morgan fingerprint density at radius 1 is 1.38 bits per heavy atom. The SMILES string of the molecule is CC(O)Cc1cnnn1-c1ccc(Br)cc1. The molecule has 2 rings (SSSR count). The molecule has 5 heteroatoms. The Kier molecular flexibility index (Phi) is 3.36. The minimum atomic E-state index is -0.396. The third-order valence-corrected chi connectivity index (χ3v) is 2.72. The average molecular weight is 282 g/mol. The molecule has 1 unspecified atom stereocenters. The van der Waals surface area contributed by atoms with E-state index in [1.54, 1.807) is 17.8 Å². The lowest BCUT2D eigenvalue weighted by Gasteiger charge is -2.07. The van der Waals surface area contributed by atoms with Gasteiger partial charge in [0.25, 0.3) is 0 Å². The highest BCUT2D eigenvalue weighted by Gasteiger charge is 2.08. The van der Waals surface area contributed by atoms with Crippen LogP contribution in [-0.2, 0) is 6.42 Å². The Morgan fingerprint density at radius 2 is 2.06 bits per heavy atom. The first-order valence-corrected chi connectivity index (χ1v) is 5.79. The van der Waals surface area contributed by atoms with Crippen LogP contribution in [0.3, 0.4) is 0 Å². The maximum atomic E-state index is 9.36. The summed E-state index contributed by atoms with van der Waals surface area (Å²) in [5.41, 5.74) is 1.84. The lowest BCUT2D eigenvalue weighted by molar-refractivity contribution is 0.193. The van der Waals surface area contributed by atoms with Crippen molar-refractivity contribution in [1.82, 2.24) is 15.0 Å². The van der Waals surface area contributed by atoms with E-state index in [4.69, 9.17) is 0 Å². The molecule has 0 saturated carbocycles. The maximum Gasteiger partial charge on any atom is 0.0730 e. The van der Waals surface area contributed by atoms with Gasteiger partial charge < -0.3 is 5.11 Å². The largest absolute Gasteiger partial charge is 0.393 e. The zero-order valence-electron chi connectivity index (χ0n) is 8.84. The molecule has 4 nitrogen and oxygen atoms in total. The van der Waals surface area contributed by atoms with E-state index in [0.717, 1.165) is 15.9 Å². The Labute approximate surface area is 102 Å². The summed E-state index contributed by atoms with van der Waals surface area (Å²) >= 11 is 3.38. The fraction of sp³-hybridized carbons (Fsp3) is 0.273. The average Bonchev–Trinajstić information content (AvgIpc) is 2.66. The number of nitrogens with zero attached hydrogens (tertiary/aromatic N) is 3. The molecule has 84 valence electrons. The Balaban J connectivity index is 2.33. The summed E-state index contributed by atoms with van der Waals surface area (Å²) in [7, 11) is 0. The molecule has 2 aromatic rings. The minimum absolute atomic E-state index is 0.396. The topological polar surface area (TPSA) is 50.9 Å². The smallest absolute Gasteiger partial charge is 0.0730 e. The van der Waals surface area contributed by atoms with Crippen molar-refractivity contribution in [3.63, 3.8) is 0 Å². The first kappa shape index (κ1) is 11.3. The first-order chi connectivity index (χ1) is 7.66. The number of hydrogen-bond donors (Lipinski definition) is 1. The van der Waals surface area contributed by atoms with Gasteiger partial charge in [-0.2, -0.15) is 0 Å². The van der Waals surface area contributed by atoms with E-state index in [1.165, 1.54) is 0 Å². The van der Waals surface area contributed by atoms with E-state index in [-0.39, 0.29) is 0 Å². The predicted molar refractivity (Wildman–Crippen MR) is 64.4 cm³/mol. The Bertz CT molecular complexity index is 464. The van der Waals surface area contributed by atoms with Crippen LogP contribution in [0, 0.1) is 0 Å². The predicted octanol–water partition coefficient (Wildman–Crippen LogP) is 1.95. The number of aliphatic hydroxyl groups is 1. The number of rotatable bonds is 3. The molecule has 1 N–H and O–H groups in total. The van der Waals surface area contributed by atoms with Gasteiger partial charge in [-0.25, -0.2) is 4.68 Å². The van der Waals surface area contributed by atoms with Crippen LogP contribution in [0.25, 0.3) is 5.69 Å². The van der Waals surface area contributed by atoms with E-state index in [9.17, 15) is 5.11 Å². The van der Waals surface area contributed by atoms with E-state index in [2.05, 4.69) is 26.2 Å². The van der Waals surface area contributed by atoms with Crippen molar-refractivity contribution in [2.75, 3.05) is 0 Å². The molecule has 0 amide bonds. The van der Waals surface area contributed by atoms with Gasteiger partial charge >= 0.3 is 0 Å². The molecule has 1 heterocycles. The number of hydrogen-bond acceptors (Lipinski definition) is 3. The second kappa shape index (κ2) is 4.76. The number of aliphatic hydroxyl groups excluding tert-OH is 1. The first-order valence-electron chi connectivity index (χ1n) is 5.00. The number of benzene rings is 1. The van der Waals surface area contributed by atoms with Crippen LogP contribution in [-0.4, -0.2) is 26.2 Å². The molecular formula is C11H12BrN3O. The molecule has 0 fully saturated rings. The second-order valence-electron chi connectivity index (χ2n) is 3.67. The highest BCUT2D eigenvalue weighted by atomic mass is 79.9. The van der Waals surface area contributed by atoms with Crippen LogP contribution < -0.4 is 0 Å². The van der Waals surface area contributed by atoms with Gasteiger partial charge in [0.1, 0.15) is 0 Å². The van der Waals surface area contributed by atoms with Gasteiger partial charge in [0.2, 0.25) is 0 Å². The van der Waals surface area contributed by atoms with Gasteiger partial charge in [0.15, 0.2) is 0 Å². The molecule has 1 aromatic carbocycles. The van der Waals surface area contributed by atoms with Crippen molar-refractivity contribution < 1.29 is 5.11 Å². The molecule has 16 heavy (non-hydrogen) atoms. The summed E-state index contributed by atoms with van der Waals surface area (Å²) in [5.74, 6) is 0. The fourth-order valence-corrected chi connectivity index (χ4v) is 1.76. The van der Waals surface area contributed by atoms with E-state index >= 15 is 0 Å². The molecule has 1 aromatic heterocycles. The van der Waals surface area contributed by atoms with Gasteiger partial charge in [0, 0.05) is 10.9 Å². The molecule has 0 radical (unpaired) electrons. The molecule has 0 saturated heterocycles. The summed E-state index contributed by atoms with van der Waals surface area (Å²) in [6, 6.07) is 7.79. The van der Waals surface area contributed by atoms with Crippen LogP contribution in [0.2, 0.25) is 0 Å². The van der Waals surface area contributed by atoms with Crippen molar-refractivity contribution in [3.8, 4) is 5.69 Å². The van der Waals surface area contributed by atoms with Crippen molar-refractivity contribution in [2.45, 2.75) is 19.4 Å². The van der Waals surface area contributed by atoms with E-state index in [0.29, 0.717) is 6.42 Å². The van der Waals surface area contributed by atoms with Crippen LogP contribution in [0.4, 0.5) is 0 Å². The Morgan fingerprint density at radius 3 is 2.69 bits per heavy atom. The van der Waals surface area contributed by atoms with Gasteiger partial charge in [-0.1, -0.05) is 21.1 Å². The minimum Gasteiger partial charge on any atom is -0.393 e. The molecule has 0 aliphatic heterocycles. The third-order valence-electron chi connectivity index (χ3n) is 2.20. The molecule has 0 bridgehead atoms. The molecular weight excluding hydrogens is 270 g/mol. The maximum absolute atomic E-state index is 9.36. The van der Waals surface area contributed by atoms with Gasteiger partial charge in [-0.15, -0.1) is 5.10 Å². The van der Waals surface area contributed by atoms with Crippen LogP contribution in [0.15, 0.2) is 34.9 Å². The zero-order chi connectivity index (χ0) is 11.5. The van der Waals surface area contributed by atoms with Crippen LogP contribution in [0.5, 0.6) is 0 Å². The summed E-state index contributed by atoms with van der Waals surface area (Å²) < 4.78 is 2.76. The lowest BCUT2D eigenvalue weighted by atomic mass is 10.2. The highest BCUT2D eigenvalue weighted by Crippen LogP contribution is 2.15. The molecule has 0 spiro atoms. The summed E-state index contributed by atoms with van der Waals surface area (Å²) in [4.78, 5) is 0. The molecule has 0 aliphatic rings. The highest BCUT2D eigenvalue weighted by molar-refractivity contribution is 9.10. The summed E-state index contributed by atoms with van der Waals surface area (Å²) in [6.45, 7) is 1.75. The van der Waals surface area contributed by atoms with Crippen LogP contribution >= 0.6 is 15.9 Å². The fourth-order valence-electron chi connectivity index (χ4n) is 1.50. The van der Waals surface area contributed by atoms with E-state index in [1.807, 2.05) is 24.3 Å². The van der Waals surface area contributed by atoms with Crippen molar-refractivity contribution in [2.24, 2.45) is 0 Å². The molecule has 0 aliphatic carbocycles. The standard InChI is InChI=1S/C11H12BrN3O/c1-8(16)6-11-7-13-14-15(11)10-4-2-9(12)3-5-10/h2-5,7-8,16H,6H2,1H3. The Hall–Kier alpha value is -1.20. The normalized spacial score (nSPS) is 12.7. The van der Waals surface area contributed by atoms with E-state index < -0.39 is 6.10 Å². The number of halogens is 1. The zero-order valence-corrected chi connectivity index (χ0v) is 10.4. The summed E-state index contributed by atoms with van der Waals surface area (Å²) in [5, 5.41) is 17.2. The lowest BCUT2D eigenvalue weighted by Crippen LogP contribution is -2.10.